The van der Waals surface area contributed by atoms with Gasteiger partial charge in [0.2, 0.25) is 5.39 Å². The van der Waals surface area contributed by atoms with Crippen molar-refractivity contribution in [3.05, 3.63) is 42.9 Å². The van der Waals surface area contributed by atoms with E-state index in [1.165, 1.54) is 0 Å². The van der Waals surface area contributed by atoms with E-state index in [9.17, 15) is 33.4 Å². The average Bonchev–Trinajstić information content (AvgIpc) is 2.25. The highest BCUT2D eigenvalue weighted by Crippen LogP contribution is 2.43. The molecule has 1 rings (SSSR count). The van der Waals surface area contributed by atoms with Gasteiger partial charge in [0.15, 0.2) is 10.5 Å². The van der Waals surface area contributed by atoms with Crippen LogP contribution in [0.2, 0.25) is 0 Å². The lowest BCUT2D eigenvalue weighted by atomic mass is 10.1. The van der Waals surface area contributed by atoms with Gasteiger partial charge in [0.25, 0.3) is 5.69 Å². The van der Waals surface area contributed by atoms with E-state index in [0.717, 1.165) is 0 Å². The lowest BCUT2D eigenvalue weighted by molar-refractivity contribution is -0.393. The third kappa shape index (κ3) is 2.32. The first-order valence-electron chi connectivity index (χ1n) is 4.07. The highest BCUT2D eigenvalue weighted by atomic mass is 19.4. The van der Waals surface area contributed by atoms with E-state index in [1.54, 1.807) is 0 Å². The number of diazo groups is 1. The lowest BCUT2D eigenvalue weighted by Crippen LogP contribution is -2.07. The number of nitro benzene ring substituents is 2. The second-order valence-electron chi connectivity index (χ2n) is 2.97. The van der Waals surface area contributed by atoms with Crippen molar-refractivity contribution in [2.45, 2.75) is 6.18 Å². The quantitative estimate of drug-likeness (QED) is 0.462. The van der Waals surface area contributed by atoms with Crippen molar-refractivity contribution in [3.63, 3.8) is 0 Å². The van der Waals surface area contributed by atoms with Gasteiger partial charge in [-0.15, -0.1) is 0 Å². The number of nitro groups is 2. The summed E-state index contributed by atoms with van der Waals surface area (Å²) in [7, 11) is 0. The fourth-order valence-corrected chi connectivity index (χ4v) is 1.17. The number of halogens is 3. The zero-order chi connectivity index (χ0) is 14.1. The SMILES string of the molecule is N#[N+]c1c([N+](=O)[O-])cc([N+](=O)[O-])cc1C(F)(F)F. The Hall–Kier alpha value is -2.77. The maximum Gasteiger partial charge on any atom is 0.473 e. The molecule has 8 nitrogen and oxygen atoms in total. The van der Waals surface area contributed by atoms with Crippen molar-refractivity contribution >= 4 is 17.1 Å². The smallest absolute Gasteiger partial charge is 0.258 e. The Balaban J connectivity index is 3.74. The van der Waals surface area contributed by atoms with Crippen LogP contribution >= 0.6 is 0 Å². The molecular formula is C7H2F3N4O4+. The molecule has 1 aromatic rings. The van der Waals surface area contributed by atoms with Crippen LogP contribution in [-0.2, 0) is 6.18 Å². The van der Waals surface area contributed by atoms with E-state index in [1.807, 2.05) is 0 Å². The molecular weight excluding hydrogens is 261 g/mol. The van der Waals surface area contributed by atoms with Gasteiger partial charge < -0.3 is 0 Å². The maximum atomic E-state index is 12.5. The Morgan fingerprint density at radius 1 is 1.17 bits per heavy atom. The number of non-ortho nitro benzene ring substituents is 1. The van der Waals surface area contributed by atoms with Crippen LogP contribution in [0, 0.1) is 25.6 Å². The summed E-state index contributed by atoms with van der Waals surface area (Å²) in [5.41, 5.74) is -5.57. The van der Waals surface area contributed by atoms with E-state index in [-0.39, 0.29) is 12.1 Å². The predicted molar refractivity (Wildman–Crippen MR) is 49.5 cm³/mol. The van der Waals surface area contributed by atoms with Crippen LogP contribution in [0.15, 0.2) is 12.1 Å². The Kier molecular flexibility index (Phi) is 3.13. The number of nitrogens with zero attached hydrogens (tertiary/aromatic N) is 4. The second-order valence-corrected chi connectivity index (χ2v) is 2.97. The molecule has 11 heteroatoms. The van der Waals surface area contributed by atoms with Crippen LogP contribution in [0.25, 0.3) is 4.98 Å². The summed E-state index contributed by atoms with van der Waals surface area (Å²) in [6, 6.07) is 0.340. The molecule has 0 heterocycles. The fourth-order valence-electron chi connectivity index (χ4n) is 1.17. The van der Waals surface area contributed by atoms with E-state index in [2.05, 4.69) is 4.98 Å². The van der Waals surface area contributed by atoms with Crippen LogP contribution in [0.4, 0.5) is 30.2 Å². The Morgan fingerprint density at radius 3 is 2.06 bits per heavy atom. The van der Waals surface area contributed by atoms with Gasteiger partial charge in [0.1, 0.15) is 6.07 Å². The molecule has 0 saturated carbocycles. The first-order chi connectivity index (χ1) is 8.18. The van der Waals surface area contributed by atoms with Crippen LogP contribution in [0.3, 0.4) is 0 Å². The van der Waals surface area contributed by atoms with Crippen molar-refractivity contribution in [3.8, 4) is 0 Å². The molecule has 0 saturated heterocycles. The Bertz CT molecular complexity index is 577. The summed E-state index contributed by atoms with van der Waals surface area (Å²) in [6.07, 6.45) is -5.13. The predicted octanol–water partition coefficient (Wildman–Crippen LogP) is 3.01. The standard InChI is InChI=1S/C7H2F3N4O4/c8-7(9,10)4-1-3(13(15)16)2-5(14(17)18)6(4)12-11/h1-2H/q+1. The Labute approximate surface area is 95.6 Å². The van der Waals surface area contributed by atoms with Gasteiger partial charge in [-0.2, -0.15) is 13.2 Å². The summed E-state index contributed by atoms with van der Waals surface area (Å²) in [6.45, 7) is 0. The highest BCUT2D eigenvalue weighted by Gasteiger charge is 2.46. The second kappa shape index (κ2) is 4.24. The van der Waals surface area contributed by atoms with Crippen LogP contribution in [0.5, 0.6) is 0 Å². The van der Waals surface area contributed by atoms with E-state index < -0.39 is 38.6 Å². The van der Waals surface area contributed by atoms with E-state index in [0.29, 0.717) is 0 Å². The van der Waals surface area contributed by atoms with E-state index in [4.69, 9.17) is 5.39 Å². The van der Waals surface area contributed by atoms with Gasteiger partial charge >= 0.3 is 17.6 Å². The monoisotopic (exact) mass is 263 g/mol. The minimum absolute atomic E-state index is 0.0576. The van der Waals surface area contributed by atoms with Crippen LogP contribution < -0.4 is 0 Å². The molecule has 0 radical (unpaired) electrons. The molecule has 0 spiro atoms. The maximum absolute atomic E-state index is 12.5. The van der Waals surface area contributed by atoms with Crippen molar-refractivity contribution in [1.82, 2.24) is 0 Å². The van der Waals surface area contributed by atoms with Gasteiger partial charge in [-0.25, -0.2) is 0 Å². The number of rotatable bonds is 2. The zero-order valence-corrected chi connectivity index (χ0v) is 8.21. The van der Waals surface area contributed by atoms with Gasteiger partial charge in [-0.1, -0.05) is 0 Å². The number of benzene rings is 1. The van der Waals surface area contributed by atoms with E-state index >= 15 is 0 Å². The summed E-state index contributed by atoms with van der Waals surface area (Å²) in [5.74, 6) is 0. The third-order valence-corrected chi connectivity index (χ3v) is 1.89. The minimum atomic E-state index is -5.13. The molecule has 1 aromatic carbocycles. The van der Waals surface area contributed by atoms with Crippen molar-refractivity contribution in [2.24, 2.45) is 0 Å². The first kappa shape index (κ1) is 13.3. The lowest BCUT2D eigenvalue weighted by Gasteiger charge is -2.03. The van der Waals surface area contributed by atoms with Gasteiger partial charge in [-0.05, 0) is 0 Å². The van der Waals surface area contributed by atoms with Crippen molar-refractivity contribution in [2.75, 3.05) is 0 Å². The molecule has 0 amide bonds. The molecule has 0 aliphatic carbocycles. The van der Waals surface area contributed by atoms with Gasteiger partial charge in [-0.3, -0.25) is 20.2 Å². The Morgan fingerprint density at radius 2 is 1.72 bits per heavy atom. The molecule has 0 atom stereocenters. The molecule has 0 unspecified atom stereocenters. The van der Waals surface area contributed by atoms with Crippen molar-refractivity contribution in [1.29, 1.82) is 5.39 Å². The molecule has 0 bridgehead atoms. The largest absolute Gasteiger partial charge is 0.473 e. The zero-order valence-electron chi connectivity index (χ0n) is 8.21. The molecule has 94 valence electrons. The third-order valence-electron chi connectivity index (χ3n) is 1.89. The minimum Gasteiger partial charge on any atom is -0.258 e. The molecule has 0 aliphatic rings. The topological polar surface area (TPSA) is 114 Å². The van der Waals surface area contributed by atoms with Crippen molar-refractivity contribution < 1.29 is 23.0 Å². The summed E-state index contributed by atoms with van der Waals surface area (Å²) < 4.78 is 37.5. The average molecular weight is 263 g/mol. The molecule has 0 aromatic heterocycles. The summed E-state index contributed by atoms with van der Waals surface area (Å²) >= 11 is 0. The fraction of sp³-hybridized carbons (Fsp3) is 0.143. The molecule has 0 fully saturated rings. The van der Waals surface area contributed by atoms with Gasteiger partial charge in [0.05, 0.1) is 9.85 Å². The van der Waals surface area contributed by atoms with Crippen LogP contribution in [0.1, 0.15) is 5.56 Å². The number of hydrogen-bond acceptors (Lipinski definition) is 5. The highest BCUT2D eigenvalue weighted by molar-refractivity contribution is 5.71. The number of alkyl halides is 3. The molecule has 0 N–H and O–H groups in total. The van der Waals surface area contributed by atoms with Crippen LogP contribution in [-0.4, -0.2) is 9.85 Å². The molecule has 18 heavy (non-hydrogen) atoms. The van der Waals surface area contributed by atoms with Gasteiger partial charge in [0, 0.05) is 6.07 Å². The normalized spacial score (nSPS) is 10.8. The number of hydrogen-bond donors (Lipinski definition) is 0. The molecule has 0 aliphatic heterocycles. The first-order valence-corrected chi connectivity index (χ1v) is 4.07. The summed E-state index contributed by atoms with van der Waals surface area (Å²) in [4.78, 5) is 20.5. The summed E-state index contributed by atoms with van der Waals surface area (Å²) in [5, 5.41) is 29.2.